The van der Waals surface area contributed by atoms with E-state index in [1.54, 1.807) is 4.31 Å². The van der Waals surface area contributed by atoms with Crippen molar-refractivity contribution in [2.24, 2.45) is 0 Å². The van der Waals surface area contributed by atoms with E-state index in [-0.39, 0.29) is 5.25 Å². The zero-order valence-corrected chi connectivity index (χ0v) is 10.2. The molecule has 1 saturated heterocycles. The fourth-order valence-electron chi connectivity index (χ4n) is 2.44. The molecule has 0 spiro atoms. The fraction of sp³-hybridized carbons (Fsp3) is 1.00. The highest BCUT2D eigenvalue weighted by molar-refractivity contribution is 7.89. The zero-order chi connectivity index (χ0) is 10.9. The molecule has 88 valence electrons. The summed E-state index contributed by atoms with van der Waals surface area (Å²) in [6.07, 6.45) is 3.90. The van der Waals surface area contributed by atoms with Crippen molar-refractivity contribution in [3.8, 4) is 0 Å². The van der Waals surface area contributed by atoms with E-state index < -0.39 is 10.0 Å². The summed E-state index contributed by atoms with van der Waals surface area (Å²) < 4.78 is 26.1. The number of hydrogen-bond acceptors (Lipinski definition) is 3. The van der Waals surface area contributed by atoms with Crippen LogP contribution in [0.4, 0.5) is 0 Å². The van der Waals surface area contributed by atoms with Gasteiger partial charge >= 0.3 is 0 Å². The van der Waals surface area contributed by atoms with Crippen LogP contribution in [0.25, 0.3) is 0 Å². The summed E-state index contributed by atoms with van der Waals surface area (Å²) in [5, 5.41) is -0.0825. The van der Waals surface area contributed by atoms with Crippen molar-refractivity contribution in [2.45, 2.75) is 30.9 Å². The van der Waals surface area contributed by atoms with Gasteiger partial charge in [-0.1, -0.05) is 12.8 Å². The maximum atomic E-state index is 12.2. The maximum Gasteiger partial charge on any atom is 0.217 e. The lowest BCUT2D eigenvalue weighted by molar-refractivity contribution is 0.221. The summed E-state index contributed by atoms with van der Waals surface area (Å²) in [6.45, 7) is 3.09. The Morgan fingerprint density at radius 1 is 1.00 bits per heavy atom. The third-order valence-corrected chi connectivity index (χ3v) is 5.94. The van der Waals surface area contributed by atoms with E-state index in [0.717, 1.165) is 38.8 Å². The second kappa shape index (κ2) is 4.39. The molecule has 0 radical (unpaired) electrons. The van der Waals surface area contributed by atoms with Gasteiger partial charge in [-0.3, -0.25) is 0 Å². The largest absolute Gasteiger partial charge is 0.304 e. The Morgan fingerprint density at radius 3 is 2.07 bits per heavy atom. The topological polar surface area (TPSA) is 40.6 Å². The number of hydrogen-bond donors (Lipinski definition) is 0. The van der Waals surface area contributed by atoms with Crippen LogP contribution in [0.15, 0.2) is 0 Å². The molecule has 1 aliphatic carbocycles. The Balaban J connectivity index is 2.02. The molecule has 4 nitrogen and oxygen atoms in total. The SMILES string of the molecule is CN1CCN(S(=O)(=O)C2CCCC2)CC1. The first-order valence-corrected chi connectivity index (χ1v) is 7.28. The first-order chi connectivity index (χ1) is 7.10. The minimum absolute atomic E-state index is 0.0825. The van der Waals surface area contributed by atoms with Gasteiger partial charge in [0.05, 0.1) is 5.25 Å². The molecule has 1 heterocycles. The fourth-order valence-corrected chi connectivity index (χ4v) is 4.46. The number of nitrogens with zero attached hydrogens (tertiary/aromatic N) is 2. The van der Waals surface area contributed by atoms with Gasteiger partial charge in [-0.15, -0.1) is 0 Å². The molecular formula is C10H20N2O2S. The lowest BCUT2D eigenvalue weighted by Crippen LogP contribution is -2.49. The summed E-state index contributed by atoms with van der Waals surface area (Å²) >= 11 is 0. The second-order valence-corrected chi connectivity index (χ2v) is 6.87. The van der Waals surface area contributed by atoms with E-state index in [2.05, 4.69) is 4.90 Å². The molecule has 15 heavy (non-hydrogen) atoms. The average Bonchev–Trinajstić information content (AvgIpc) is 2.71. The summed E-state index contributed by atoms with van der Waals surface area (Å²) in [4.78, 5) is 2.18. The normalized spacial score (nSPS) is 27.3. The monoisotopic (exact) mass is 232 g/mol. The molecule has 0 unspecified atom stereocenters. The number of piperazine rings is 1. The summed E-state index contributed by atoms with van der Waals surface area (Å²) in [5.74, 6) is 0. The van der Waals surface area contributed by atoms with E-state index in [9.17, 15) is 8.42 Å². The minimum atomic E-state index is -2.98. The van der Waals surface area contributed by atoms with Gasteiger partial charge in [-0.2, -0.15) is 4.31 Å². The van der Waals surface area contributed by atoms with Gasteiger partial charge in [0, 0.05) is 26.2 Å². The molecule has 0 atom stereocenters. The van der Waals surface area contributed by atoms with Crippen molar-refractivity contribution in [3.63, 3.8) is 0 Å². The van der Waals surface area contributed by atoms with Crippen LogP contribution in [0.1, 0.15) is 25.7 Å². The molecule has 2 rings (SSSR count). The van der Waals surface area contributed by atoms with E-state index in [0.29, 0.717) is 13.1 Å². The number of rotatable bonds is 2. The molecular weight excluding hydrogens is 212 g/mol. The van der Waals surface area contributed by atoms with Crippen molar-refractivity contribution in [1.82, 2.24) is 9.21 Å². The highest BCUT2D eigenvalue weighted by Gasteiger charge is 2.35. The molecule has 0 aromatic heterocycles. The zero-order valence-electron chi connectivity index (χ0n) is 9.35. The minimum Gasteiger partial charge on any atom is -0.304 e. The molecule has 2 fully saturated rings. The van der Waals surface area contributed by atoms with Gasteiger partial charge in [0.2, 0.25) is 10.0 Å². The van der Waals surface area contributed by atoms with Crippen LogP contribution in [0, 0.1) is 0 Å². The van der Waals surface area contributed by atoms with Gasteiger partial charge in [-0.05, 0) is 19.9 Å². The molecule has 0 amide bonds. The number of sulfonamides is 1. The van der Waals surface area contributed by atoms with Crippen molar-refractivity contribution >= 4 is 10.0 Å². The van der Waals surface area contributed by atoms with Gasteiger partial charge < -0.3 is 4.90 Å². The van der Waals surface area contributed by atoms with Crippen molar-refractivity contribution < 1.29 is 8.42 Å². The Bertz CT molecular complexity index is 301. The van der Waals surface area contributed by atoms with Gasteiger partial charge in [0.25, 0.3) is 0 Å². The average molecular weight is 232 g/mol. The van der Waals surface area contributed by atoms with Crippen LogP contribution < -0.4 is 0 Å². The molecule has 0 aromatic carbocycles. The van der Waals surface area contributed by atoms with Crippen LogP contribution in [0.3, 0.4) is 0 Å². The second-order valence-electron chi connectivity index (χ2n) is 4.65. The van der Waals surface area contributed by atoms with Crippen LogP contribution in [0.2, 0.25) is 0 Å². The maximum absolute atomic E-state index is 12.2. The quantitative estimate of drug-likeness (QED) is 0.696. The summed E-state index contributed by atoms with van der Waals surface area (Å²) in [7, 11) is -0.937. The molecule has 0 aromatic rings. The molecule has 0 bridgehead atoms. The Kier molecular flexibility index (Phi) is 3.33. The third kappa shape index (κ3) is 2.34. The molecule has 0 N–H and O–H groups in total. The van der Waals surface area contributed by atoms with Crippen LogP contribution in [-0.2, 0) is 10.0 Å². The van der Waals surface area contributed by atoms with E-state index in [1.165, 1.54) is 0 Å². The Hall–Kier alpha value is -0.130. The highest BCUT2D eigenvalue weighted by Crippen LogP contribution is 2.27. The predicted octanol–water partition coefficient (Wildman–Crippen LogP) is 0.506. The first kappa shape index (κ1) is 11.4. The smallest absolute Gasteiger partial charge is 0.217 e. The molecule has 1 saturated carbocycles. The third-order valence-electron chi connectivity index (χ3n) is 3.55. The Labute approximate surface area is 92.3 Å². The van der Waals surface area contributed by atoms with Crippen LogP contribution >= 0.6 is 0 Å². The van der Waals surface area contributed by atoms with Crippen LogP contribution in [-0.4, -0.2) is 56.1 Å². The lowest BCUT2D eigenvalue weighted by Gasteiger charge is -2.33. The van der Waals surface area contributed by atoms with Crippen molar-refractivity contribution in [2.75, 3.05) is 33.2 Å². The van der Waals surface area contributed by atoms with Crippen LogP contribution in [0.5, 0.6) is 0 Å². The molecule has 5 heteroatoms. The molecule has 1 aliphatic heterocycles. The first-order valence-electron chi connectivity index (χ1n) is 5.78. The predicted molar refractivity (Wildman–Crippen MR) is 60.2 cm³/mol. The lowest BCUT2D eigenvalue weighted by atomic mass is 10.4. The summed E-state index contributed by atoms with van der Waals surface area (Å²) in [6, 6.07) is 0. The molecule has 2 aliphatic rings. The van der Waals surface area contributed by atoms with Gasteiger partial charge in [0.1, 0.15) is 0 Å². The van der Waals surface area contributed by atoms with E-state index in [1.807, 2.05) is 7.05 Å². The highest BCUT2D eigenvalue weighted by atomic mass is 32.2. The summed E-state index contributed by atoms with van der Waals surface area (Å²) in [5.41, 5.74) is 0. The Morgan fingerprint density at radius 2 is 1.53 bits per heavy atom. The van der Waals surface area contributed by atoms with Gasteiger partial charge in [0.15, 0.2) is 0 Å². The van der Waals surface area contributed by atoms with Crippen molar-refractivity contribution in [3.05, 3.63) is 0 Å². The van der Waals surface area contributed by atoms with Crippen molar-refractivity contribution in [1.29, 1.82) is 0 Å². The standard InChI is InChI=1S/C10H20N2O2S/c1-11-6-8-12(9-7-11)15(13,14)10-4-2-3-5-10/h10H,2-9H2,1H3. The van der Waals surface area contributed by atoms with E-state index >= 15 is 0 Å². The number of likely N-dealkylation sites (N-methyl/N-ethyl adjacent to an activating group) is 1. The van der Waals surface area contributed by atoms with E-state index in [4.69, 9.17) is 0 Å². The van der Waals surface area contributed by atoms with Gasteiger partial charge in [-0.25, -0.2) is 8.42 Å².